The van der Waals surface area contributed by atoms with E-state index in [1.165, 1.54) is 11.3 Å². The van der Waals surface area contributed by atoms with Crippen molar-refractivity contribution >= 4 is 33.4 Å². The molecule has 0 atom stereocenters. The number of pyridine rings is 1. The SMILES string of the molecule is Cc1nn(C)c2nc(C(C)C)cc(C(=O)Nc3nncs3)c12. The Balaban J connectivity index is 2.16. The predicted molar refractivity (Wildman–Crippen MR) is 85.2 cm³/mol. The summed E-state index contributed by atoms with van der Waals surface area (Å²) in [6.45, 7) is 5.97. The summed E-state index contributed by atoms with van der Waals surface area (Å²) in [4.78, 5) is 17.3. The Morgan fingerprint density at radius 2 is 2.18 bits per heavy atom. The zero-order valence-electron chi connectivity index (χ0n) is 12.8. The van der Waals surface area contributed by atoms with Crippen molar-refractivity contribution in [3.05, 3.63) is 28.5 Å². The number of fused-ring (bicyclic) bond motifs is 1. The van der Waals surface area contributed by atoms with Crippen LogP contribution in [0.25, 0.3) is 11.0 Å². The summed E-state index contributed by atoms with van der Waals surface area (Å²) in [5.74, 6) is -0.00478. The van der Waals surface area contributed by atoms with Gasteiger partial charge in [-0.1, -0.05) is 25.2 Å². The number of aryl methyl sites for hydroxylation is 2. The molecule has 22 heavy (non-hydrogen) atoms. The fourth-order valence-electron chi connectivity index (χ4n) is 2.33. The number of carbonyl (C=O) groups excluding carboxylic acids is 1. The molecule has 3 aromatic rings. The van der Waals surface area contributed by atoms with Gasteiger partial charge in [-0.05, 0) is 18.9 Å². The molecule has 7 nitrogen and oxygen atoms in total. The fraction of sp³-hybridized carbons (Fsp3) is 0.357. The molecule has 1 N–H and O–H groups in total. The van der Waals surface area contributed by atoms with Gasteiger partial charge in [-0.3, -0.25) is 14.8 Å². The minimum atomic E-state index is -0.220. The van der Waals surface area contributed by atoms with Gasteiger partial charge in [-0.25, -0.2) is 4.98 Å². The number of nitrogens with one attached hydrogen (secondary N) is 1. The molecule has 0 aliphatic heterocycles. The molecule has 3 rings (SSSR count). The van der Waals surface area contributed by atoms with Crippen LogP contribution < -0.4 is 5.32 Å². The van der Waals surface area contributed by atoms with Crippen LogP contribution in [0, 0.1) is 6.92 Å². The van der Waals surface area contributed by atoms with Crippen molar-refractivity contribution in [3.63, 3.8) is 0 Å². The molecular formula is C14H16N6OS. The number of amides is 1. The van der Waals surface area contributed by atoms with Gasteiger partial charge < -0.3 is 0 Å². The second-order valence-electron chi connectivity index (χ2n) is 5.36. The molecule has 1 amide bonds. The summed E-state index contributed by atoms with van der Waals surface area (Å²) in [7, 11) is 1.83. The maximum absolute atomic E-state index is 12.6. The molecule has 0 saturated carbocycles. The Hall–Kier alpha value is -2.35. The van der Waals surface area contributed by atoms with Crippen LogP contribution in [0.4, 0.5) is 5.13 Å². The quantitative estimate of drug-likeness (QED) is 0.802. The number of anilines is 1. The van der Waals surface area contributed by atoms with E-state index in [-0.39, 0.29) is 11.8 Å². The van der Waals surface area contributed by atoms with Gasteiger partial charge in [-0.15, -0.1) is 10.2 Å². The summed E-state index contributed by atoms with van der Waals surface area (Å²) in [6, 6.07) is 1.83. The van der Waals surface area contributed by atoms with E-state index in [1.807, 2.05) is 33.9 Å². The molecule has 3 heterocycles. The predicted octanol–water partition coefficient (Wildman–Crippen LogP) is 2.50. The molecule has 8 heteroatoms. The standard InChI is InChI=1S/C14H16N6OS/c1-7(2)10-5-9(13(21)17-14-18-15-6-22-14)11-8(3)19-20(4)12(11)16-10/h5-7H,1-4H3,(H,17,18,21). The molecule has 0 aliphatic rings. The maximum atomic E-state index is 12.6. The molecule has 114 valence electrons. The number of hydrogen-bond donors (Lipinski definition) is 1. The van der Waals surface area contributed by atoms with E-state index in [2.05, 4.69) is 25.6 Å². The highest BCUT2D eigenvalue weighted by molar-refractivity contribution is 7.13. The first kappa shape index (κ1) is 14.6. The van der Waals surface area contributed by atoms with Gasteiger partial charge in [0.2, 0.25) is 5.13 Å². The fourth-order valence-corrected chi connectivity index (χ4v) is 2.77. The van der Waals surface area contributed by atoms with Gasteiger partial charge in [0.05, 0.1) is 16.6 Å². The van der Waals surface area contributed by atoms with Gasteiger partial charge in [0.15, 0.2) is 5.65 Å². The van der Waals surface area contributed by atoms with Crippen LogP contribution in [0.5, 0.6) is 0 Å². The van der Waals surface area contributed by atoms with Crippen molar-refractivity contribution in [2.75, 3.05) is 5.32 Å². The first-order chi connectivity index (χ1) is 10.5. The lowest BCUT2D eigenvalue weighted by Gasteiger charge is -2.09. The molecule has 3 aromatic heterocycles. The van der Waals surface area contributed by atoms with Crippen LogP contribution in [0.1, 0.15) is 41.5 Å². The highest BCUT2D eigenvalue weighted by Gasteiger charge is 2.20. The molecular weight excluding hydrogens is 300 g/mol. The second-order valence-corrected chi connectivity index (χ2v) is 6.19. The van der Waals surface area contributed by atoms with Crippen molar-refractivity contribution in [2.24, 2.45) is 7.05 Å². The molecule has 0 bridgehead atoms. The van der Waals surface area contributed by atoms with Gasteiger partial charge in [0, 0.05) is 12.7 Å². The van der Waals surface area contributed by atoms with E-state index in [9.17, 15) is 4.79 Å². The normalized spacial score (nSPS) is 11.3. The molecule has 0 unspecified atom stereocenters. The number of aromatic nitrogens is 5. The van der Waals surface area contributed by atoms with Gasteiger partial charge in [0.1, 0.15) is 5.51 Å². The van der Waals surface area contributed by atoms with Crippen molar-refractivity contribution in [1.29, 1.82) is 0 Å². The van der Waals surface area contributed by atoms with Crippen LogP contribution in [0.3, 0.4) is 0 Å². The Morgan fingerprint density at radius 1 is 1.41 bits per heavy atom. The van der Waals surface area contributed by atoms with Gasteiger partial charge in [-0.2, -0.15) is 5.10 Å². The summed E-state index contributed by atoms with van der Waals surface area (Å²) in [5, 5.41) is 16.0. The Labute approximate surface area is 131 Å². The van der Waals surface area contributed by atoms with Gasteiger partial charge in [0.25, 0.3) is 5.91 Å². The van der Waals surface area contributed by atoms with Crippen LogP contribution in [-0.4, -0.2) is 30.9 Å². The highest BCUT2D eigenvalue weighted by Crippen LogP contribution is 2.25. The Morgan fingerprint density at radius 3 is 2.82 bits per heavy atom. The van der Waals surface area contributed by atoms with Crippen molar-refractivity contribution in [3.8, 4) is 0 Å². The first-order valence-corrected chi connectivity index (χ1v) is 7.77. The monoisotopic (exact) mass is 316 g/mol. The zero-order chi connectivity index (χ0) is 15.9. The zero-order valence-corrected chi connectivity index (χ0v) is 13.6. The molecule has 0 radical (unpaired) electrons. The van der Waals surface area contributed by atoms with Crippen LogP contribution >= 0.6 is 11.3 Å². The van der Waals surface area contributed by atoms with E-state index in [4.69, 9.17) is 0 Å². The van der Waals surface area contributed by atoms with E-state index in [0.717, 1.165) is 16.8 Å². The largest absolute Gasteiger partial charge is 0.296 e. The molecule has 0 spiro atoms. The summed E-state index contributed by atoms with van der Waals surface area (Å²) in [5.41, 5.74) is 4.49. The van der Waals surface area contributed by atoms with E-state index in [0.29, 0.717) is 16.3 Å². The number of hydrogen-bond acceptors (Lipinski definition) is 6. The Bertz CT molecular complexity index is 837. The molecule has 0 saturated heterocycles. The average molecular weight is 316 g/mol. The van der Waals surface area contributed by atoms with Gasteiger partial charge >= 0.3 is 0 Å². The number of carbonyl (C=O) groups is 1. The third kappa shape index (κ3) is 2.45. The number of rotatable bonds is 3. The van der Waals surface area contributed by atoms with Crippen molar-refractivity contribution < 1.29 is 4.79 Å². The lowest BCUT2D eigenvalue weighted by molar-refractivity contribution is 0.102. The minimum Gasteiger partial charge on any atom is -0.296 e. The highest BCUT2D eigenvalue weighted by atomic mass is 32.1. The molecule has 0 fully saturated rings. The van der Waals surface area contributed by atoms with Crippen LogP contribution in [0.2, 0.25) is 0 Å². The van der Waals surface area contributed by atoms with E-state index in [1.54, 1.807) is 10.2 Å². The molecule has 0 aromatic carbocycles. The van der Waals surface area contributed by atoms with Crippen LogP contribution in [0.15, 0.2) is 11.6 Å². The third-order valence-electron chi connectivity index (χ3n) is 3.41. The van der Waals surface area contributed by atoms with Crippen molar-refractivity contribution in [1.82, 2.24) is 25.0 Å². The number of nitrogens with zero attached hydrogens (tertiary/aromatic N) is 5. The van der Waals surface area contributed by atoms with E-state index < -0.39 is 0 Å². The summed E-state index contributed by atoms with van der Waals surface area (Å²) < 4.78 is 1.71. The van der Waals surface area contributed by atoms with Crippen molar-refractivity contribution in [2.45, 2.75) is 26.7 Å². The topological polar surface area (TPSA) is 85.6 Å². The summed E-state index contributed by atoms with van der Waals surface area (Å²) in [6.07, 6.45) is 0. The maximum Gasteiger partial charge on any atom is 0.258 e. The average Bonchev–Trinajstić information content (AvgIpc) is 3.07. The second kappa shape index (κ2) is 5.45. The lowest BCUT2D eigenvalue weighted by Crippen LogP contribution is -2.14. The van der Waals surface area contributed by atoms with E-state index >= 15 is 0 Å². The Kier molecular flexibility index (Phi) is 3.61. The summed E-state index contributed by atoms with van der Waals surface area (Å²) >= 11 is 1.28. The lowest BCUT2D eigenvalue weighted by atomic mass is 10.0. The molecule has 0 aliphatic carbocycles. The third-order valence-corrected chi connectivity index (χ3v) is 4.01. The smallest absolute Gasteiger partial charge is 0.258 e. The minimum absolute atomic E-state index is 0.215. The van der Waals surface area contributed by atoms with Crippen LogP contribution in [-0.2, 0) is 7.05 Å². The first-order valence-electron chi connectivity index (χ1n) is 6.89.